The van der Waals surface area contributed by atoms with Gasteiger partial charge in [-0.05, 0) is 0 Å². The van der Waals surface area contributed by atoms with Gasteiger partial charge in [0.2, 0.25) is 0 Å². The van der Waals surface area contributed by atoms with Gasteiger partial charge in [0.25, 0.3) is 0 Å². The van der Waals surface area contributed by atoms with Crippen molar-refractivity contribution < 1.29 is 19.4 Å². The van der Waals surface area contributed by atoms with E-state index in [4.69, 9.17) is 0 Å². The van der Waals surface area contributed by atoms with Gasteiger partial charge in [-0.3, -0.25) is 0 Å². The van der Waals surface area contributed by atoms with Crippen LogP contribution in [-0.4, -0.2) is 13.8 Å². The van der Waals surface area contributed by atoms with Crippen molar-refractivity contribution in [2.75, 3.05) is 6.38 Å². The Morgan fingerprint density at radius 2 is 1.85 bits per heavy atom. The molecule has 1 aromatic carbocycles. The van der Waals surface area contributed by atoms with Crippen molar-refractivity contribution in [3.63, 3.8) is 0 Å². The number of allylic oxidation sites excluding steroid dienone is 5. The number of rotatable bonds is 2. The summed E-state index contributed by atoms with van der Waals surface area (Å²) in [5, 5.41) is 0. The van der Waals surface area contributed by atoms with Gasteiger partial charge in [-0.15, -0.1) is 11.6 Å². The van der Waals surface area contributed by atoms with E-state index in [9.17, 15) is 0 Å². The van der Waals surface area contributed by atoms with Crippen LogP contribution in [-0.2, 0) is 19.4 Å². The van der Waals surface area contributed by atoms with Crippen molar-refractivity contribution in [1.29, 1.82) is 0 Å². The monoisotopic (exact) mass is 380 g/mol. The van der Waals surface area contributed by atoms with E-state index in [1.807, 2.05) is 3.28 Å². The van der Waals surface area contributed by atoms with Crippen LogP contribution in [0, 0.1) is 0 Å². The van der Waals surface area contributed by atoms with Gasteiger partial charge in [0, 0.05) is 6.38 Å². The average molecular weight is 382 g/mol. The molecule has 0 amide bonds. The Labute approximate surface area is 134 Å². The molecule has 0 aromatic heterocycles. The van der Waals surface area contributed by atoms with Crippen LogP contribution in [0.1, 0.15) is 23.5 Å². The molecule has 0 fully saturated rings. The first-order valence-corrected chi connectivity index (χ1v) is 22.4. The number of alkyl halides is 1. The molecule has 0 heterocycles. The van der Waals surface area contributed by atoms with Crippen molar-refractivity contribution in [3.05, 3.63) is 62.5 Å². The fourth-order valence-electron chi connectivity index (χ4n) is 3.07. The van der Waals surface area contributed by atoms with Crippen LogP contribution < -0.4 is 0 Å². The summed E-state index contributed by atoms with van der Waals surface area (Å²) in [6, 6.07) is 8.85. The maximum atomic E-state index is 4.64. The quantitative estimate of drug-likeness (QED) is 0.526. The molecule has 2 aliphatic carbocycles. The van der Waals surface area contributed by atoms with Crippen molar-refractivity contribution in [2.24, 2.45) is 0 Å². The van der Waals surface area contributed by atoms with Crippen LogP contribution in [0.4, 0.5) is 0 Å². The molecule has 1 aromatic rings. The van der Waals surface area contributed by atoms with Gasteiger partial charge < -0.3 is 0 Å². The van der Waals surface area contributed by atoms with E-state index in [1.54, 1.807) is 5.57 Å². The Morgan fingerprint density at radius 3 is 2.55 bits per heavy atom. The predicted octanol–water partition coefficient (Wildman–Crippen LogP) is 4.40. The Hall–Kier alpha value is -0.170. The Morgan fingerprint density at radius 1 is 1.15 bits per heavy atom. The molecule has 0 bridgehead atoms. The third kappa shape index (κ3) is 3.18. The van der Waals surface area contributed by atoms with Crippen LogP contribution in [0.3, 0.4) is 0 Å². The van der Waals surface area contributed by atoms with Gasteiger partial charge in [0.1, 0.15) is 0 Å². The van der Waals surface area contributed by atoms with Crippen LogP contribution in [0.25, 0.3) is 6.08 Å². The van der Waals surface area contributed by atoms with E-state index in [0.29, 0.717) is 5.92 Å². The molecular weight excluding hydrogens is 359 g/mol. The first-order chi connectivity index (χ1) is 9.57. The minimum atomic E-state index is -1.80. The van der Waals surface area contributed by atoms with E-state index >= 15 is 0 Å². The first-order valence-electron chi connectivity index (χ1n) is 7.12. The SMILES string of the molecule is CCl.[CH3][Zr]([CH3])([SiH3])[C]1=C(C2C=Cc3ccccc32)C=CC1. The molecule has 0 nitrogen and oxygen atoms in total. The molecular formula is C17H23ClSiZr. The van der Waals surface area contributed by atoms with Crippen LogP contribution in [0.2, 0.25) is 9.26 Å². The molecule has 0 saturated heterocycles. The van der Waals surface area contributed by atoms with Crippen LogP contribution >= 0.6 is 11.6 Å². The molecule has 0 saturated carbocycles. The summed E-state index contributed by atoms with van der Waals surface area (Å²) in [6.07, 6.45) is 12.2. The number of benzene rings is 1. The van der Waals surface area contributed by atoms with Crippen molar-refractivity contribution in [2.45, 2.75) is 21.6 Å². The number of halogens is 1. The molecule has 3 rings (SSSR count). The zero-order chi connectivity index (χ0) is 14.8. The number of hydrogen-bond donors (Lipinski definition) is 0. The van der Waals surface area contributed by atoms with E-state index in [0.717, 1.165) is 0 Å². The summed E-state index contributed by atoms with van der Waals surface area (Å²) >= 11 is 2.84. The molecule has 0 radical (unpaired) electrons. The van der Waals surface area contributed by atoms with E-state index < -0.39 is 19.4 Å². The second kappa shape index (κ2) is 6.73. The van der Waals surface area contributed by atoms with E-state index in [-0.39, 0.29) is 0 Å². The molecule has 0 aliphatic heterocycles. The zero-order valence-electron chi connectivity index (χ0n) is 12.8. The Kier molecular flexibility index (Phi) is 5.45. The summed E-state index contributed by atoms with van der Waals surface area (Å²) in [6.45, 7) is 0. The summed E-state index contributed by atoms with van der Waals surface area (Å²) in [7, 11) is 1.42. The molecule has 20 heavy (non-hydrogen) atoms. The summed E-state index contributed by atoms with van der Waals surface area (Å²) in [5.41, 5.74) is 4.57. The van der Waals surface area contributed by atoms with Gasteiger partial charge in [-0.2, -0.15) is 0 Å². The zero-order valence-corrected chi connectivity index (χ0v) is 18.0. The maximum absolute atomic E-state index is 4.64. The summed E-state index contributed by atoms with van der Waals surface area (Å²) < 4.78 is 7.05. The van der Waals surface area contributed by atoms with Gasteiger partial charge in [0.15, 0.2) is 0 Å². The second-order valence-corrected chi connectivity index (χ2v) is 33.6. The summed E-state index contributed by atoms with van der Waals surface area (Å²) in [5.74, 6) is 0.542. The molecule has 0 N–H and O–H groups in total. The Balaban J connectivity index is 0.000000704. The molecule has 0 spiro atoms. The van der Waals surface area contributed by atoms with Crippen LogP contribution in [0.5, 0.6) is 0 Å². The third-order valence-corrected chi connectivity index (χ3v) is 13.2. The van der Waals surface area contributed by atoms with Gasteiger partial charge in [-0.1, -0.05) is 0 Å². The van der Waals surface area contributed by atoms with Gasteiger partial charge in [-0.25, -0.2) is 0 Å². The van der Waals surface area contributed by atoms with E-state index in [1.165, 1.54) is 31.3 Å². The fourth-order valence-corrected chi connectivity index (χ4v) is 10.5. The topological polar surface area (TPSA) is 0 Å². The molecule has 106 valence electrons. The molecule has 3 heteroatoms. The van der Waals surface area contributed by atoms with E-state index in [2.05, 4.69) is 69.4 Å². The summed E-state index contributed by atoms with van der Waals surface area (Å²) in [4.78, 5) is 0. The third-order valence-electron chi connectivity index (χ3n) is 4.01. The van der Waals surface area contributed by atoms with Gasteiger partial charge in [0.05, 0.1) is 0 Å². The molecule has 1 unspecified atom stereocenters. The first kappa shape index (κ1) is 16.2. The van der Waals surface area contributed by atoms with Crippen LogP contribution in [0.15, 0.2) is 51.3 Å². The molecule has 1 atom stereocenters. The second-order valence-electron chi connectivity index (χ2n) is 6.26. The number of hydrogen-bond acceptors (Lipinski definition) is 0. The van der Waals surface area contributed by atoms with Crippen molar-refractivity contribution in [1.82, 2.24) is 0 Å². The Bertz CT molecular complexity index is 579. The van der Waals surface area contributed by atoms with Gasteiger partial charge >= 0.3 is 117 Å². The normalized spacial score (nSPS) is 20.1. The minimum absolute atomic E-state index is 0.542. The number of fused-ring (bicyclic) bond motifs is 1. The predicted molar refractivity (Wildman–Crippen MR) is 92.4 cm³/mol. The fraction of sp³-hybridized carbons (Fsp3) is 0.294. The average Bonchev–Trinajstić information content (AvgIpc) is 3.06. The van der Waals surface area contributed by atoms with Crippen molar-refractivity contribution >= 4 is 25.0 Å². The molecule has 2 aliphatic rings. The standard InChI is InChI=1S/C14H11.CH3Cl.2CH3.H3Si.Zr/c1-2-6-11(5-1)14-10-9-12-7-3-4-8-13(12)14;1-2;;;;/h1,3-5,7-10,14H,2H2;1H3;3*1H3;. The van der Waals surface area contributed by atoms with Crippen molar-refractivity contribution in [3.8, 4) is 0 Å².